The van der Waals surface area contributed by atoms with Gasteiger partial charge in [-0.05, 0) is 60.2 Å². The molecule has 1 amide bonds. The first-order valence-corrected chi connectivity index (χ1v) is 9.17. The molecular weight excluding hydrogens is 396 g/mol. The third-order valence-electron chi connectivity index (χ3n) is 3.29. The number of rotatable bonds is 5. The molecule has 0 saturated carbocycles. The smallest absolute Gasteiger partial charge is 0.256 e. The first-order valence-electron chi connectivity index (χ1n) is 6.90. The molecule has 0 aromatic heterocycles. The van der Waals surface area contributed by atoms with E-state index >= 15 is 0 Å². The van der Waals surface area contributed by atoms with E-state index in [1.54, 1.807) is 24.3 Å². The Labute approximate surface area is 148 Å². The summed E-state index contributed by atoms with van der Waals surface area (Å²) in [6.07, 6.45) is 0. The van der Waals surface area contributed by atoms with Crippen molar-refractivity contribution in [1.82, 2.24) is 4.72 Å². The zero-order valence-corrected chi connectivity index (χ0v) is 15.4. The van der Waals surface area contributed by atoms with Gasteiger partial charge in [0, 0.05) is 15.7 Å². The van der Waals surface area contributed by atoms with E-state index in [9.17, 15) is 18.0 Å². The minimum absolute atomic E-state index is 0.0177. The van der Waals surface area contributed by atoms with Gasteiger partial charge in [-0.2, -0.15) is 0 Å². The number of halogens is 1. The first-order chi connectivity index (χ1) is 11.2. The minimum Gasteiger partial charge on any atom is -0.322 e. The monoisotopic (exact) mass is 410 g/mol. The maximum Gasteiger partial charge on any atom is 0.256 e. The summed E-state index contributed by atoms with van der Waals surface area (Å²) >= 11 is 3.24. The summed E-state index contributed by atoms with van der Waals surface area (Å²) in [4.78, 5) is 23.8. The molecule has 6 nitrogen and oxygen atoms in total. The zero-order chi connectivity index (χ0) is 17.9. The molecule has 0 aliphatic carbocycles. The summed E-state index contributed by atoms with van der Waals surface area (Å²) < 4.78 is 26.4. The first kappa shape index (κ1) is 18.3. The molecule has 0 aliphatic rings. The molecule has 0 bridgehead atoms. The number of carbonyl (C=O) groups excluding carboxylic acids is 2. The van der Waals surface area contributed by atoms with Crippen LogP contribution in [0.4, 0.5) is 5.69 Å². The predicted molar refractivity (Wildman–Crippen MR) is 94.8 cm³/mol. The van der Waals surface area contributed by atoms with Gasteiger partial charge >= 0.3 is 0 Å². The average Bonchev–Trinajstić information content (AvgIpc) is 2.55. The Morgan fingerprint density at radius 2 is 1.79 bits per heavy atom. The van der Waals surface area contributed by atoms with Crippen LogP contribution in [-0.2, 0) is 10.0 Å². The van der Waals surface area contributed by atoms with Crippen LogP contribution in [-0.4, -0.2) is 27.2 Å². The fourth-order valence-electron chi connectivity index (χ4n) is 1.98. The summed E-state index contributed by atoms with van der Waals surface area (Å²) in [6.45, 7) is 1.43. The van der Waals surface area contributed by atoms with Crippen molar-refractivity contribution in [2.45, 2.75) is 11.8 Å². The molecular formula is C16H15BrN2O4S. The predicted octanol–water partition coefficient (Wildman–Crippen LogP) is 2.81. The molecule has 0 saturated heterocycles. The van der Waals surface area contributed by atoms with E-state index in [4.69, 9.17) is 0 Å². The van der Waals surface area contributed by atoms with Gasteiger partial charge in [0.15, 0.2) is 5.78 Å². The van der Waals surface area contributed by atoms with Crippen LogP contribution in [0.15, 0.2) is 51.8 Å². The molecule has 0 atom stereocenters. The number of Topliss-reactive ketones (excluding diaryl/α,β-unsaturated/α-hetero) is 1. The molecule has 0 fully saturated rings. The van der Waals surface area contributed by atoms with E-state index < -0.39 is 15.9 Å². The van der Waals surface area contributed by atoms with Gasteiger partial charge < -0.3 is 5.32 Å². The lowest BCUT2D eigenvalue weighted by atomic mass is 10.1. The molecule has 0 unspecified atom stereocenters. The van der Waals surface area contributed by atoms with E-state index in [0.717, 1.165) is 0 Å². The van der Waals surface area contributed by atoms with Gasteiger partial charge in [0.2, 0.25) is 10.0 Å². The number of benzene rings is 2. The van der Waals surface area contributed by atoms with Crippen molar-refractivity contribution in [3.05, 3.63) is 58.1 Å². The Balaban J connectivity index is 2.35. The number of anilines is 1. The number of carbonyl (C=O) groups is 2. The van der Waals surface area contributed by atoms with Crippen LogP contribution in [0.25, 0.3) is 0 Å². The van der Waals surface area contributed by atoms with Gasteiger partial charge in [0.05, 0.1) is 10.5 Å². The van der Waals surface area contributed by atoms with Crippen molar-refractivity contribution in [3.63, 3.8) is 0 Å². The number of sulfonamides is 1. The van der Waals surface area contributed by atoms with Crippen molar-refractivity contribution in [3.8, 4) is 0 Å². The van der Waals surface area contributed by atoms with Crippen LogP contribution in [0.5, 0.6) is 0 Å². The number of amides is 1. The van der Waals surface area contributed by atoms with Crippen LogP contribution < -0.4 is 10.0 Å². The molecule has 2 aromatic carbocycles. The Morgan fingerprint density at radius 1 is 1.08 bits per heavy atom. The standard InChI is InChI=1S/C16H15BrN2O4S/c1-10(20)11-4-3-5-12(8-11)19-16(21)14-9-13(6-7-15(14)17)24(22,23)18-2/h3-9,18H,1-2H3,(H,19,21). The molecule has 2 N–H and O–H groups in total. The quantitative estimate of drug-likeness (QED) is 0.741. The third kappa shape index (κ3) is 4.08. The molecule has 2 aromatic rings. The van der Waals surface area contributed by atoms with E-state index in [2.05, 4.69) is 26.0 Å². The number of hydrogen-bond acceptors (Lipinski definition) is 4. The molecule has 2 rings (SSSR count). The van der Waals surface area contributed by atoms with Crippen molar-refractivity contribution >= 4 is 43.3 Å². The van der Waals surface area contributed by atoms with Gasteiger partial charge in [-0.1, -0.05) is 12.1 Å². The van der Waals surface area contributed by atoms with Gasteiger partial charge in [-0.15, -0.1) is 0 Å². The van der Waals surface area contributed by atoms with Crippen molar-refractivity contribution in [2.75, 3.05) is 12.4 Å². The highest BCUT2D eigenvalue weighted by Gasteiger charge is 2.17. The number of ketones is 1. The fourth-order valence-corrected chi connectivity index (χ4v) is 3.16. The molecule has 0 aliphatic heterocycles. The molecule has 8 heteroatoms. The van der Waals surface area contributed by atoms with Crippen LogP contribution in [0, 0.1) is 0 Å². The van der Waals surface area contributed by atoms with E-state index in [1.807, 2.05) is 0 Å². The van der Waals surface area contributed by atoms with Crippen molar-refractivity contribution < 1.29 is 18.0 Å². The molecule has 0 heterocycles. The second kappa shape index (κ2) is 7.25. The molecule has 24 heavy (non-hydrogen) atoms. The highest BCUT2D eigenvalue weighted by Crippen LogP contribution is 2.22. The Hall–Kier alpha value is -2.03. The lowest BCUT2D eigenvalue weighted by Crippen LogP contribution is -2.20. The van der Waals surface area contributed by atoms with Gasteiger partial charge in [0.25, 0.3) is 5.91 Å². The van der Waals surface area contributed by atoms with E-state index in [0.29, 0.717) is 15.7 Å². The Morgan fingerprint density at radius 3 is 2.42 bits per heavy atom. The summed E-state index contributed by atoms with van der Waals surface area (Å²) in [6, 6.07) is 10.7. The van der Waals surface area contributed by atoms with Gasteiger partial charge in [0.1, 0.15) is 0 Å². The highest BCUT2D eigenvalue weighted by molar-refractivity contribution is 9.10. The summed E-state index contributed by atoms with van der Waals surface area (Å²) in [5.41, 5.74) is 1.08. The maximum absolute atomic E-state index is 12.4. The van der Waals surface area contributed by atoms with Crippen LogP contribution >= 0.6 is 15.9 Å². The fraction of sp³-hybridized carbons (Fsp3) is 0.125. The van der Waals surface area contributed by atoms with Crippen LogP contribution in [0.2, 0.25) is 0 Å². The summed E-state index contributed by atoms with van der Waals surface area (Å²) in [5, 5.41) is 2.65. The largest absolute Gasteiger partial charge is 0.322 e. The zero-order valence-electron chi connectivity index (χ0n) is 13.0. The van der Waals surface area contributed by atoms with Gasteiger partial charge in [-0.3, -0.25) is 9.59 Å². The average molecular weight is 411 g/mol. The molecule has 0 spiro atoms. The topological polar surface area (TPSA) is 92.3 Å². The SMILES string of the molecule is CNS(=O)(=O)c1ccc(Br)c(C(=O)Nc2cccc(C(C)=O)c2)c1. The Bertz CT molecular complexity index is 910. The number of hydrogen-bond donors (Lipinski definition) is 2. The van der Waals surface area contributed by atoms with Crippen LogP contribution in [0.1, 0.15) is 27.6 Å². The van der Waals surface area contributed by atoms with Crippen molar-refractivity contribution in [2.24, 2.45) is 0 Å². The third-order valence-corrected chi connectivity index (χ3v) is 5.39. The van der Waals surface area contributed by atoms with E-state index in [-0.39, 0.29) is 16.2 Å². The second-order valence-electron chi connectivity index (χ2n) is 4.94. The maximum atomic E-state index is 12.4. The lowest BCUT2D eigenvalue weighted by molar-refractivity contribution is 0.101. The number of nitrogens with one attached hydrogen (secondary N) is 2. The van der Waals surface area contributed by atoms with Crippen molar-refractivity contribution in [1.29, 1.82) is 0 Å². The second-order valence-corrected chi connectivity index (χ2v) is 7.68. The summed E-state index contributed by atoms with van der Waals surface area (Å²) in [5.74, 6) is -0.606. The van der Waals surface area contributed by atoms with Gasteiger partial charge in [-0.25, -0.2) is 13.1 Å². The molecule has 126 valence electrons. The highest BCUT2D eigenvalue weighted by atomic mass is 79.9. The minimum atomic E-state index is -3.66. The molecule has 0 radical (unpaired) electrons. The van der Waals surface area contributed by atoms with E-state index in [1.165, 1.54) is 32.2 Å². The summed E-state index contributed by atoms with van der Waals surface area (Å²) in [7, 11) is -2.36. The van der Waals surface area contributed by atoms with Crippen LogP contribution in [0.3, 0.4) is 0 Å². The lowest BCUT2D eigenvalue weighted by Gasteiger charge is -2.10. The Kier molecular flexibility index (Phi) is 5.53. The normalized spacial score (nSPS) is 11.1.